The van der Waals surface area contributed by atoms with Crippen LogP contribution in [0.4, 0.5) is 0 Å². The Morgan fingerprint density at radius 3 is 2.35 bits per heavy atom. The van der Waals surface area contributed by atoms with Crippen molar-refractivity contribution in [1.29, 1.82) is 0 Å². The van der Waals surface area contributed by atoms with Gasteiger partial charge in [0.15, 0.2) is 5.96 Å². The predicted octanol–water partition coefficient (Wildman–Crippen LogP) is 3.26. The van der Waals surface area contributed by atoms with Crippen molar-refractivity contribution in [3.63, 3.8) is 0 Å². The van der Waals surface area contributed by atoms with Gasteiger partial charge < -0.3 is 20.4 Å². The lowest BCUT2D eigenvalue weighted by Crippen LogP contribution is -2.47. The lowest BCUT2D eigenvalue weighted by molar-refractivity contribution is 0.143. The molecule has 6 heteroatoms. The monoisotopic (exact) mass is 481 g/mol. The summed E-state index contributed by atoms with van der Waals surface area (Å²) in [6.45, 7) is 19.5. The van der Waals surface area contributed by atoms with Gasteiger partial charge >= 0.3 is 0 Å². The van der Waals surface area contributed by atoms with E-state index in [2.05, 4.69) is 60.0 Å². The van der Waals surface area contributed by atoms with E-state index in [1.54, 1.807) is 0 Å². The second kappa shape index (κ2) is 14.9. The molecule has 1 aliphatic rings. The Hall–Kier alpha value is -0.0800. The highest BCUT2D eigenvalue weighted by atomic mass is 127. The molecule has 0 aromatic heterocycles. The van der Waals surface area contributed by atoms with Gasteiger partial charge in [0, 0.05) is 39.3 Å². The summed E-state index contributed by atoms with van der Waals surface area (Å²) in [5.41, 5.74) is 0. The highest BCUT2D eigenvalue weighted by Gasteiger charge is 2.21. The molecule has 3 unspecified atom stereocenters. The van der Waals surface area contributed by atoms with Crippen molar-refractivity contribution < 1.29 is 0 Å². The van der Waals surface area contributed by atoms with Crippen LogP contribution in [-0.4, -0.2) is 74.7 Å². The van der Waals surface area contributed by atoms with E-state index in [9.17, 15) is 0 Å². The van der Waals surface area contributed by atoms with Crippen LogP contribution in [0.3, 0.4) is 0 Å². The Morgan fingerprint density at radius 2 is 1.81 bits per heavy atom. The van der Waals surface area contributed by atoms with Crippen molar-refractivity contribution in [1.82, 2.24) is 20.4 Å². The third-order valence-electron chi connectivity index (χ3n) is 5.28. The molecule has 0 aliphatic carbocycles. The quantitative estimate of drug-likeness (QED) is 0.286. The minimum atomic E-state index is 0. The Balaban J connectivity index is 0.00000625. The van der Waals surface area contributed by atoms with E-state index in [-0.39, 0.29) is 24.0 Å². The molecule has 0 aromatic carbocycles. The molecule has 0 bridgehead atoms. The lowest BCUT2D eigenvalue weighted by Gasteiger charge is -2.35. The van der Waals surface area contributed by atoms with Gasteiger partial charge in [0.2, 0.25) is 0 Å². The van der Waals surface area contributed by atoms with E-state index in [4.69, 9.17) is 0 Å². The maximum atomic E-state index is 4.38. The fraction of sp³-hybridized carbons (Fsp3) is 0.950. The molecule has 0 saturated carbocycles. The largest absolute Gasteiger partial charge is 0.355 e. The summed E-state index contributed by atoms with van der Waals surface area (Å²) in [6.07, 6.45) is 3.78. The maximum absolute atomic E-state index is 4.38. The Bertz CT molecular complexity index is 363. The molecule has 1 fully saturated rings. The molecule has 0 aromatic rings. The molecule has 156 valence electrons. The van der Waals surface area contributed by atoms with Crippen molar-refractivity contribution >= 4 is 29.9 Å². The molecule has 1 rings (SSSR count). The van der Waals surface area contributed by atoms with Crippen LogP contribution in [-0.2, 0) is 0 Å². The summed E-state index contributed by atoms with van der Waals surface area (Å²) >= 11 is 0. The highest BCUT2D eigenvalue weighted by Crippen LogP contribution is 2.20. The van der Waals surface area contributed by atoms with Crippen molar-refractivity contribution in [3.8, 4) is 0 Å². The first kappa shape index (κ1) is 25.9. The molecular weight excluding hydrogens is 437 g/mol. The average Bonchev–Trinajstić information content (AvgIpc) is 2.57. The van der Waals surface area contributed by atoms with Crippen molar-refractivity contribution in [3.05, 3.63) is 0 Å². The lowest BCUT2D eigenvalue weighted by atomic mass is 9.92. The molecule has 1 saturated heterocycles. The summed E-state index contributed by atoms with van der Waals surface area (Å²) in [5.74, 6) is 2.59. The second-order valence-corrected chi connectivity index (χ2v) is 7.92. The minimum absolute atomic E-state index is 0. The topological polar surface area (TPSA) is 42.9 Å². The Morgan fingerprint density at radius 1 is 1.19 bits per heavy atom. The van der Waals surface area contributed by atoms with Crippen LogP contribution in [0.2, 0.25) is 0 Å². The van der Waals surface area contributed by atoms with Gasteiger partial charge in [0.05, 0.1) is 0 Å². The summed E-state index contributed by atoms with van der Waals surface area (Å²) in [5, 5.41) is 7.02. The van der Waals surface area contributed by atoms with Crippen LogP contribution < -0.4 is 10.6 Å². The van der Waals surface area contributed by atoms with Gasteiger partial charge in [0.1, 0.15) is 0 Å². The Labute approximate surface area is 179 Å². The van der Waals surface area contributed by atoms with Crippen LogP contribution in [0, 0.1) is 11.8 Å². The number of hydrogen-bond acceptors (Lipinski definition) is 3. The predicted molar refractivity (Wildman–Crippen MR) is 126 cm³/mol. The normalized spacial score (nSPS) is 22.8. The number of halogens is 1. The van der Waals surface area contributed by atoms with E-state index in [1.807, 2.05) is 7.05 Å². The van der Waals surface area contributed by atoms with Crippen LogP contribution in [0.1, 0.15) is 53.9 Å². The number of piperidine rings is 1. The van der Waals surface area contributed by atoms with Gasteiger partial charge in [-0.3, -0.25) is 4.99 Å². The molecule has 5 nitrogen and oxygen atoms in total. The first-order chi connectivity index (χ1) is 12.0. The fourth-order valence-corrected chi connectivity index (χ4v) is 3.97. The van der Waals surface area contributed by atoms with Crippen LogP contribution in [0.25, 0.3) is 0 Å². The third-order valence-corrected chi connectivity index (χ3v) is 5.28. The number of hydrogen-bond donors (Lipinski definition) is 2. The van der Waals surface area contributed by atoms with Crippen LogP contribution in [0.5, 0.6) is 0 Å². The van der Waals surface area contributed by atoms with Crippen molar-refractivity contribution in [2.24, 2.45) is 16.8 Å². The minimum Gasteiger partial charge on any atom is -0.355 e. The number of likely N-dealkylation sites (tertiary alicyclic amines) is 1. The maximum Gasteiger partial charge on any atom is 0.191 e. The summed E-state index contributed by atoms with van der Waals surface area (Å²) in [6, 6.07) is 0.455. The van der Waals surface area contributed by atoms with E-state index >= 15 is 0 Å². The molecule has 1 aliphatic heterocycles. The SMILES string of the molecule is CCN(CC)CCCC(C)NC(=NC)NCCN1CC(C)CC(C)C1.I. The van der Waals surface area contributed by atoms with Crippen LogP contribution >= 0.6 is 24.0 Å². The first-order valence-corrected chi connectivity index (χ1v) is 10.4. The van der Waals surface area contributed by atoms with Crippen molar-refractivity contribution in [2.75, 3.05) is 52.9 Å². The number of guanidine groups is 1. The third kappa shape index (κ3) is 10.9. The van der Waals surface area contributed by atoms with E-state index in [0.717, 1.165) is 44.0 Å². The van der Waals surface area contributed by atoms with Crippen LogP contribution in [0.15, 0.2) is 4.99 Å². The number of nitrogens with one attached hydrogen (secondary N) is 2. The summed E-state index contributed by atoms with van der Waals surface area (Å²) in [7, 11) is 1.86. The fourth-order valence-electron chi connectivity index (χ4n) is 3.97. The summed E-state index contributed by atoms with van der Waals surface area (Å²) < 4.78 is 0. The molecule has 26 heavy (non-hydrogen) atoms. The number of nitrogens with zero attached hydrogens (tertiary/aromatic N) is 3. The Kier molecular flexibility index (Phi) is 14.9. The van der Waals surface area contributed by atoms with Gasteiger partial charge in [-0.25, -0.2) is 0 Å². The molecular formula is C20H44IN5. The van der Waals surface area contributed by atoms with E-state index < -0.39 is 0 Å². The van der Waals surface area contributed by atoms with Gasteiger partial charge in [-0.15, -0.1) is 24.0 Å². The van der Waals surface area contributed by atoms with Crippen molar-refractivity contribution in [2.45, 2.75) is 59.9 Å². The number of aliphatic imine (C=N–C) groups is 1. The van der Waals surface area contributed by atoms with Gasteiger partial charge in [-0.1, -0.05) is 27.7 Å². The average molecular weight is 482 g/mol. The first-order valence-electron chi connectivity index (χ1n) is 10.4. The molecule has 2 N–H and O–H groups in total. The standard InChI is InChI=1S/C20H43N5.HI/c1-7-24(8-2)12-9-10-19(5)23-20(21-6)22-11-13-25-15-17(3)14-18(4)16-25;/h17-19H,7-16H2,1-6H3,(H2,21,22,23);1H. The van der Waals surface area contributed by atoms with Gasteiger partial charge in [0.25, 0.3) is 0 Å². The highest BCUT2D eigenvalue weighted by molar-refractivity contribution is 14.0. The summed E-state index contributed by atoms with van der Waals surface area (Å²) in [4.78, 5) is 9.46. The number of rotatable bonds is 10. The zero-order chi connectivity index (χ0) is 18.7. The van der Waals surface area contributed by atoms with Gasteiger partial charge in [-0.2, -0.15) is 0 Å². The van der Waals surface area contributed by atoms with Gasteiger partial charge in [-0.05, 0) is 57.7 Å². The molecule has 0 radical (unpaired) electrons. The zero-order valence-electron chi connectivity index (χ0n) is 18.1. The smallest absolute Gasteiger partial charge is 0.191 e. The molecule has 3 atom stereocenters. The zero-order valence-corrected chi connectivity index (χ0v) is 20.4. The van der Waals surface area contributed by atoms with E-state index in [0.29, 0.717) is 6.04 Å². The molecule has 1 heterocycles. The van der Waals surface area contributed by atoms with E-state index in [1.165, 1.54) is 38.9 Å². The second-order valence-electron chi connectivity index (χ2n) is 7.92. The molecule has 0 spiro atoms. The molecule has 0 amide bonds.